The lowest BCUT2D eigenvalue weighted by atomic mass is 10.1. The van der Waals surface area contributed by atoms with Gasteiger partial charge in [0.05, 0.1) is 5.69 Å². The van der Waals surface area contributed by atoms with E-state index in [0.717, 1.165) is 42.1 Å². The number of benzene rings is 2. The van der Waals surface area contributed by atoms with Gasteiger partial charge in [-0.05, 0) is 37.1 Å². The highest BCUT2D eigenvalue weighted by atomic mass is 16.2. The number of hydrogen-bond acceptors (Lipinski definition) is 4. The molecule has 0 bridgehead atoms. The first kappa shape index (κ1) is 17.3. The Hall–Kier alpha value is -3.15. The first-order valence-electron chi connectivity index (χ1n) is 9.33. The van der Waals surface area contributed by atoms with E-state index in [4.69, 9.17) is 0 Å². The molecule has 6 nitrogen and oxygen atoms in total. The minimum absolute atomic E-state index is 0.0367. The number of nitrogens with zero attached hydrogens (tertiary/aromatic N) is 3. The van der Waals surface area contributed by atoms with E-state index in [9.17, 15) is 4.79 Å². The summed E-state index contributed by atoms with van der Waals surface area (Å²) in [6.45, 7) is 4.83. The second-order valence-electron chi connectivity index (χ2n) is 6.74. The van der Waals surface area contributed by atoms with Gasteiger partial charge in [0.25, 0.3) is 0 Å². The Labute approximate surface area is 158 Å². The summed E-state index contributed by atoms with van der Waals surface area (Å²) >= 11 is 0. The number of aromatic nitrogens is 3. The summed E-state index contributed by atoms with van der Waals surface area (Å²) in [6, 6.07) is 15.7. The zero-order chi connectivity index (χ0) is 18.8. The van der Waals surface area contributed by atoms with Gasteiger partial charge in [0.15, 0.2) is 5.82 Å². The van der Waals surface area contributed by atoms with Crippen LogP contribution >= 0.6 is 0 Å². The van der Waals surface area contributed by atoms with Crippen LogP contribution in [-0.2, 0) is 17.6 Å². The minimum atomic E-state index is -0.264. The molecule has 4 rings (SSSR count). The lowest BCUT2D eigenvalue weighted by Crippen LogP contribution is -2.41. The van der Waals surface area contributed by atoms with E-state index in [2.05, 4.69) is 37.5 Å². The molecule has 1 atom stereocenters. The number of aryl methyl sites for hydroxylation is 1. The average molecular weight is 361 g/mol. The number of amides is 1. The maximum absolute atomic E-state index is 13.0. The van der Waals surface area contributed by atoms with E-state index < -0.39 is 0 Å². The van der Waals surface area contributed by atoms with Crippen molar-refractivity contribution < 1.29 is 4.79 Å². The quantitative estimate of drug-likeness (QED) is 0.730. The van der Waals surface area contributed by atoms with E-state index in [-0.39, 0.29) is 11.9 Å². The molecule has 1 aliphatic heterocycles. The number of aromatic amines is 1. The first-order chi connectivity index (χ1) is 13.2. The standard InChI is InChI=1S/C21H23N5O/c1-3-19-23-20(25-24-19)16-9-5-6-10-17(16)22-21(27)14(2)26-13-12-15-8-4-7-11-18(15)26/h4-11,14H,3,12-13H2,1-2H3,(H,22,27)(H,23,24,25). The van der Waals surface area contributed by atoms with Gasteiger partial charge < -0.3 is 10.2 Å². The molecule has 138 valence electrons. The summed E-state index contributed by atoms with van der Waals surface area (Å²) in [7, 11) is 0. The van der Waals surface area contributed by atoms with Crippen molar-refractivity contribution in [1.29, 1.82) is 0 Å². The van der Waals surface area contributed by atoms with Gasteiger partial charge in [-0.15, -0.1) is 0 Å². The Morgan fingerprint density at radius 2 is 2.00 bits per heavy atom. The highest BCUT2D eigenvalue weighted by Gasteiger charge is 2.28. The molecule has 1 amide bonds. The molecular formula is C21H23N5O. The molecule has 3 aromatic rings. The lowest BCUT2D eigenvalue weighted by Gasteiger charge is -2.26. The first-order valence-corrected chi connectivity index (χ1v) is 9.33. The highest BCUT2D eigenvalue weighted by molar-refractivity contribution is 5.99. The Kier molecular flexibility index (Phi) is 4.62. The third kappa shape index (κ3) is 3.30. The molecule has 6 heteroatoms. The zero-order valence-electron chi connectivity index (χ0n) is 15.6. The van der Waals surface area contributed by atoms with E-state index in [1.807, 2.05) is 50.2 Å². The Morgan fingerprint density at radius 3 is 2.81 bits per heavy atom. The summed E-state index contributed by atoms with van der Waals surface area (Å²) in [5.74, 6) is 1.39. The van der Waals surface area contributed by atoms with Crippen LogP contribution in [0.5, 0.6) is 0 Å². The number of carbonyl (C=O) groups is 1. The van der Waals surface area contributed by atoms with Crippen molar-refractivity contribution in [3.8, 4) is 11.4 Å². The van der Waals surface area contributed by atoms with Crippen molar-refractivity contribution in [3.05, 3.63) is 59.9 Å². The maximum Gasteiger partial charge on any atom is 0.246 e. The molecule has 1 unspecified atom stereocenters. The minimum Gasteiger partial charge on any atom is -0.359 e. The van der Waals surface area contributed by atoms with Crippen LogP contribution in [0.15, 0.2) is 48.5 Å². The van der Waals surface area contributed by atoms with Crippen LogP contribution in [0, 0.1) is 0 Å². The Morgan fingerprint density at radius 1 is 1.22 bits per heavy atom. The van der Waals surface area contributed by atoms with Gasteiger partial charge in [-0.1, -0.05) is 37.3 Å². The van der Waals surface area contributed by atoms with Crippen molar-refractivity contribution in [2.75, 3.05) is 16.8 Å². The molecule has 0 saturated carbocycles. The van der Waals surface area contributed by atoms with Crippen molar-refractivity contribution in [2.45, 2.75) is 32.7 Å². The van der Waals surface area contributed by atoms with Crippen LogP contribution in [0.2, 0.25) is 0 Å². The normalized spacial score (nSPS) is 14.1. The van der Waals surface area contributed by atoms with E-state index in [0.29, 0.717) is 5.82 Å². The van der Waals surface area contributed by atoms with Crippen LogP contribution in [0.25, 0.3) is 11.4 Å². The van der Waals surface area contributed by atoms with E-state index >= 15 is 0 Å². The number of para-hydroxylation sites is 2. The molecule has 2 aromatic carbocycles. The van der Waals surface area contributed by atoms with Gasteiger partial charge >= 0.3 is 0 Å². The van der Waals surface area contributed by atoms with Crippen LogP contribution in [0.3, 0.4) is 0 Å². The molecule has 0 aliphatic carbocycles. The average Bonchev–Trinajstić information content (AvgIpc) is 3.35. The SMILES string of the molecule is CCc1nc(-c2ccccc2NC(=O)C(C)N2CCc3ccccc32)n[nH]1. The van der Waals surface area contributed by atoms with Gasteiger partial charge in [-0.25, -0.2) is 4.98 Å². The van der Waals surface area contributed by atoms with E-state index in [1.165, 1.54) is 5.56 Å². The topological polar surface area (TPSA) is 73.9 Å². The van der Waals surface area contributed by atoms with Crippen molar-refractivity contribution >= 4 is 17.3 Å². The molecule has 0 radical (unpaired) electrons. The molecule has 0 fully saturated rings. The van der Waals surface area contributed by atoms with Crippen molar-refractivity contribution in [2.24, 2.45) is 0 Å². The number of rotatable bonds is 5. The molecule has 0 saturated heterocycles. The monoisotopic (exact) mass is 361 g/mol. The van der Waals surface area contributed by atoms with Crippen LogP contribution < -0.4 is 10.2 Å². The predicted octanol–water partition coefficient (Wildman–Crippen LogP) is 3.42. The largest absolute Gasteiger partial charge is 0.359 e. The third-order valence-corrected chi connectivity index (χ3v) is 5.06. The number of fused-ring (bicyclic) bond motifs is 1. The summed E-state index contributed by atoms with van der Waals surface area (Å²) in [5, 5.41) is 10.3. The predicted molar refractivity (Wildman–Crippen MR) is 107 cm³/mol. The van der Waals surface area contributed by atoms with E-state index in [1.54, 1.807) is 0 Å². The molecule has 1 aromatic heterocycles. The van der Waals surface area contributed by atoms with Gasteiger partial charge in [0, 0.05) is 24.2 Å². The molecule has 0 spiro atoms. The number of hydrogen-bond donors (Lipinski definition) is 2. The molecule has 27 heavy (non-hydrogen) atoms. The number of nitrogens with one attached hydrogen (secondary N) is 2. The molecular weight excluding hydrogens is 338 g/mol. The fourth-order valence-corrected chi connectivity index (χ4v) is 3.51. The van der Waals surface area contributed by atoms with Gasteiger partial charge in [0.2, 0.25) is 5.91 Å². The van der Waals surface area contributed by atoms with Crippen LogP contribution in [-0.4, -0.2) is 33.7 Å². The maximum atomic E-state index is 13.0. The zero-order valence-corrected chi connectivity index (χ0v) is 15.6. The number of H-pyrrole nitrogens is 1. The second-order valence-corrected chi connectivity index (χ2v) is 6.74. The third-order valence-electron chi connectivity index (χ3n) is 5.06. The fourth-order valence-electron chi connectivity index (χ4n) is 3.51. The lowest BCUT2D eigenvalue weighted by molar-refractivity contribution is -0.117. The van der Waals surface area contributed by atoms with Crippen molar-refractivity contribution in [1.82, 2.24) is 15.2 Å². The number of carbonyl (C=O) groups excluding carboxylic acids is 1. The molecule has 2 heterocycles. The van der Waals surface area contributed by atoms with Crippen LogP contribution in [0.1, 0.15) is 25.2 Å². The van der Waals surface area contributed by atoms with Crippen LogP contribution in [0.4, 0.5) is 11.4 Å². The van der Waals surface area contributed by atoms with Crippen molar-refractivity contribution in [3.63, 3.8) is 0 Å². The van der Waals surface area contributed by atoms with Gasteiger partial charge in [-0.2, -0.15) is 5.10 Å². The Balaban J connectivity index is 1.55. The molecule has 2 N–H and O–H groups in total. The summed E-state index contributed by atoms with van der Waals surface area (Å²) in [6.07, 6.45) is 1.76. The summed E-state index contributed by atoms with van der Waals surface area (Å²) in [5.41, 5.74) is 3.99. The smallest absolute Gasteiger partial charge is 0.246 e. The summed E-state index contributed by atoms with van der Waals surface area (Å²) < 4.78 is 0. The number of anilines is 2. The second kappa shape index (κ2) is 7.23. The summed E-state index contributed by atoms with van der Waals surface area (Å²) in [4.78, 5) is 19.6. The fraction of sp³-hybridized carbons (Fsp3) is 0.286. The van der Waals surface area contributed by atoms with Gasteiger partial charge in [0.1, 0.15) is 11.9 Å². The molecule has 1 aliphatic rings. The highest BCUT2D eigenvalue weighted by Crippen LogP contribution is 2.30. The van der Waals surface area contributed by atoms with Gasteiger partial charge in [-0.3, -0.25) is 9.89 Å². The Bertz CT molecular complexity index is 964.